The summed E-state index contributed by atoms with van der Waals surface area (Å²) in [6.45, 7) is 0.351. The molecule has 86 valence electrons. The lowest BCUT2D eigenvalue weighted by atomic mass is 10.2. The summed E-state index contributed by atoms with van der Waals surface area (Å²) in [6.07, 6.45) is 4.65. The van der Waals surface area contributed by atoms with E-state index in [-0.39, 0.29) is 5.16 Å². The summed E-state index contributed by atoms with van der Waals surface area (Å²) in [5, 5.41) is -0.247. The predicted octanol–water partition coefficient (Wildman–Crippen LogP) is -0.171. The molecule has 2 heterocycles. The Morgan fingerprint density at radius 1 is 1.38 bits per heavy atom. The lowest BCUT2D eigenvalue weighted by Gasteiger charge is -2.18. The number of aromatic nitrogens is 2. The average Bonchev–Trinajstić information content (AvgIpc) is 2.79. The van der Waals surface area contributed by atoms with Gasteiger partial charge in [-0.15, -0.1) is 0 Å². The summed E-state index contributed by atoms with van der Waals surface area (Å²) < 4.78 is 25.3. The molecule has 2 rings (SSSR count). The van der Waals surface area contributed by atoms with Gasteiger partial charge in [-0.05, 0) is 18.9 Å². The zero-order chi connectivity index (χ0) is 11.6. The first-order valence-electron chi connectivity index (χ1n) is 4.90. The van der Waals surface area contributed by atoms with Crippen molar-refractivity contribution in [2.24, 2.45) is 0 Å². The van der Waals surface area contributed by atoms with Crippen LogP contribution in [0.15, 0.2) is 23.6 Å². The van der Waals surface area contributed by atoms with E-state index < -0.39 is 16.1 Å². The third-order valence-corrected chi connectivity index (χ3v) is 4.23. The van der Waals surface area contributed by atoms with Gasteiger partial charge in [-0.25, -0.2) is 18.4 Å². The summed E-state index contributed by atoms with van der Waals surface area (Å²) >= 11 is 0. The molecule has 1 aromatic rings. The van der Waals surface area contributed by atoms with Crippen LogP contribution in [0.3, 0.4) is 0 Å². The van der Waals surface area contributed by atoms with Crippen LogP contribution in [0, 0.1) is 0 Å². The predicted molar refractivity (Wildman–Crippen MR) is 55.0 cm³/mol. The molecule has 0 bridgehead atoms. The van der Waals surface area contributed by atoms with Crippen molar-refractivity contribution in [1.82, 2.24) is 14.3 Å². The largest absolute Gasteiger partial charge is 0.302 e. The molecule has 0 spiro atoms. The monoisotopic (exact) mass is 241 g/mol. The summed E-state index contributed by atoms with van der Waals surface area (Å²) in [4.78, 5) is 18.2. The maximum Gasteiger partial charge on any atom is 0.279 e. The number of sulfonamides is 1. The van der Waals surface area contributed by atoms with Crippen molar-refractivity contribution >= 4 is 16.3 Å². The smallest absolute Gasteiger partial charge is 0.279 e. The van der Waals surface area contributed by atoms with Crippen molar-refractivity contribution in [3.05, 3.63) is 18.5 Å². The second-order valence-electron chi connectivity index (χ2n) is 3.49. The molecule has 7 heteroatoms. The van der Waals surface area contributed by atoms with Gasteiger partial charge in [-0.1, -0.05) is 0 Å². The van der Waals surface area contributed by atoms with Crippen LogP contribution >= 0.6 is 0 Å². The number of carbonyl (C=O) groups is 1. The van der Waals surface area contributed by atoms with Crippen LogP contribution in [0.2, 0.25) is 0 Å². The first-order chi connectivity index (χ1) is 7.66. The van der Waals surface area contributed by atoms with Gasteiger partial charge in [0.25, 0.3) is 15.2 Å². The third-order valence-electron chi connectivity index (χ3n) is 2.49. The molecule has 1 aromatic heterocycles. The van der Waals surface area contributed by atoms with Gasteiger partial charge in [0, 0.05) is 18.9 Å². The van der Waals surface area contributed by atoms with Crippen molar-refractivity contribution in [2.75, 3.05) is 6.54 Å². The van der Waals surface area contributed by atoms with E-state index in [1.165, 1.54) is 12.4 Å². The molecular weight excluding hydrogens is 230 g/mol. The highest BCUT2D eigenvalue weighted by Crippen LogP contribution is 2.22. The quantitative estimate of drug-likeness (QED) is 0.542. The van der Waals surface area contributed by atoms with Crippen LogP contribution in [0.4, 0.5) is 0 Å². The zero-order valence-corrected chi connectivity index (χ0v) is 9.30. The highest BCUT2D eigenvalue weighted by molar-refractivity contribution is 7.89. The normalized spacial score (nSPS) is 22.1. The van der Waals surface area contributed by atoms with Gasteiger partial charge in [0.1, 0.15) is 6.29 Å². The summed E-state index contributed by atoms with van der Waals surface area (Å²) in [5.74, 6) is 0. The van der Waals surface area contributed by atoms with E-state index in [0.29, 0.717) is 25.7 Å². The fourth-order valence-electron chi connectivity index (χ4n) is 1.72. The van der Waals surface area contributed by atoms with E-state index in [0.717, 1.165) is 4.31 Å². The third kappa shape index (κ3) is 1.83. The van der Waals surface area contributed by atoms with Gasteiger partial charge in [-0.2, -0.15) is 4.31 Å². The Hall–Kier alpha value is -1.34. The van der Waals surface area contributed by atoms with Gasteiger partial charge < -0.3 is 4.79 Å². The van der Waals surface area contributed by atoms with E-state index in [4.69, 9.17) is 0 Å². The van der Waals surface area contributed by atoms with Crippen LogP contribution < -0.4 is 0 Å². The van der Waals surface area contributed by atoms with E-state index in [2.05, 4.69) is 9.97 Å². The number of hydrogen-bond acceptors (Lipinski definition) is 5. The Morgan fingerprint density at radius 3 is 2.69 bits per heavy atom. The number of hydrogen-bond donors (Lipinski definition) is 0. The Kier molecular flexibility index (Phi) is 2.97. The Bertz CT molecular complexity index is 474. The molecule has 1 aliphatic rings. The van der Waals surface area contributed by atoms with Crippen molar-refractivity contribution in [3.63, 3.8) is 0 Å². The van der Waals surface area contributed by atoms with Crippen molar-refractivity contribution < 1.29 is 13.2 Å². The Labute approximate surface area is 93.4 Å². The molecule has 0 unspecified atom stereocenters. The standard InChI is InChI=1S/C9H11N3O3S/c13-7-8-3-1-6-12(8)16(14,15)9-10-4-2-5-11-9/h2,4-5,7-8H,1,3,6H2/t8-/m0/s1. The second kappa shape index (κ2) is 4.26. The highest BCUT2D eigenvalue weighted by atomic mass is 32.2. The van der Waals surface area contributed by atoms with Crippen molar-refractivity contribution in [3.8, 4) is 0 Å². The minimum atomic E-state index is -3.72. The summed E-state index contributed by atoms with van der Waals surface area (Å²) in [7, 11) is -3.72. The fraction of sp³-hybridized carbons (Fsp3) is 0.444. The minimum absolute atomic E-state index is 0.247. The number of carbonyl (C=O) groups excluding carboxylic acids is 1. The highest BCUT2D eigenvalue weighted by Gasteiger charge is 2.36. The molecule has 0 N–H and O–H groups in total. The maximum absolute atomic E-state index is 12.0. The maximum atomic E-state index is 12.0. The molecule has 1 aliphatic heterocycles. The molecule has 0 aromatic carbocycles. The van der Waals surface area contributed by atoms with Crippen molar-refractivity contribution in [2.45, 2.75) is 24.0 Å². The zero-order valence-electron chi connectivity index (χ0n) is 8.48. The molecule has 1 atom stereocenters. The topological polar surface area (TPSA) is 80.2 Å². The lowest BCUT2D eigenvalue weighted by Crippen LogP contribution is -2.37. The van der Waals surface area contributed by atoms with Crippen LogP contribution in [-0.4, -0.2) is 41.6 Å². The summed E-state index contributed by atoms with van der Waals surface area (Å²) in [6, 6.07) is 0.967. The van der Waals surface area contributed by atoms with E-state index in [9.17, 15) is 13.2 Å². The average molecular weight is 241 g/mol. The molecular formula is C9H11N3O3S. The van der Waals surface area contributed by atoms with Gasteiger partial charge in [0.2, 0.25) is 0 Å². The van der Waals surface area contributed by atoms with Gasteiger partial charge >= 0.3 is 0 Å². The van der Waals surface area contributed by atoms with Gasteiger partial charge in [0.05, 0.1) is 6.04 Å². The molecule has 0 aliphatic carbocycles. The van der Waals surface area contributed by atoms with Crippen LogP contribution in [0.5, 0.6) is 0 Å². The molecule has 16 heavy (non-hydrogen) atoms. The minimum Gasteiger partial charge on any atom is -0.302 e. The van der Waals surface area contributed by atoms with E-state index >= 15 is 0 Å². The SMILES string of the molecule is O=C[C@@H]1CCCN1S(=O)(=O)c1ncccn1. The number of aldehydes is 1. The van der Waals surface area contributed by atoms with Crippen LogP contribution in [0.25, 0.3) is 0 Å². The first-order valence-corrected chi connectivity index (χ1v) is 6.34. The second-order valence-corrected chi connectivity index (χ2v) is 5.28. The lowest BCUT2D eigenvalue weighted by molar-refractivity contribution is -0.110. The van der Waals surface area contributed by atoms with Crippen molar-refractivity contribution in [1.29, 1.82) is 0 Å². The molecule has 1 fully saturated rings. The fourth-order valence-corrected chi connectivity index (χ4v) is 3.20. The molecule has 1 saturated heterocycles. The number of rotatable bonds is 3. The molecule has 0 saturated carbocycles. The Balaban J connectivity index is 2.36. The van der Waals surface area contributed by atoms with Gasteiger partial charge in [0.15, 0.2) is 0 Å². The Morgan fingerprint density at radius 2 is 2.06 bits per heavy atom. The van der Waals surface area contributed by atoms with E-state index in [1.54, 1.807) is 6.07 Å². The van der Waals surface area contributed by atoms with Gasteiger partial charge in [-0.3, -0.25) is 0 Å². The molecule has 0 radical (unpaired) electrons. The first kappa shape index (κ1) is 11.2. The summed E-state index contributed by atoms with van der Waals surface area (Å²) in [5.41, 5.74) is 0. The molecule has 6 nitrogen and oxygen atoms in total. The van der Waals surface area contributed by atoms with Crippen LogP contribution in [0.1, 0.15) is 12.8 Å². The number of nitrogens with zero attached hydrogens (tertiary/aromatic N) is 3. The van der Waals surface area contributed by atoms with Crippen LogP contribution in [-0.2, 0) is 14.8 Å². The molecule has 0 amide bonds. The van der Waals surface area contributed by atoms with E-state index in [1.807, 2.05) is 0 Å².